The van der Waals surface area contributed by atoms with E-state index in [1.165, 1.54) is 24.8 Å². The first-order valence-electron chi connectivity index (χ1n) is 6.62. The lowest BCUT2D eigenvalue weighted by atomic mass is 9.85. The van der Waals surface area contributed by atoms with Crippen LogP contribution in [-0.2, 0) is 6.42 Å². The van der Waals surface area contributed by atoms with Crippen molar-refractivity contribution in [1.29, 1.82) is 0 Å². The van der Waals surface area contributed by atoms with Crippen LogP contribution in [0, 0.1) is 0 Å². The lowest BCUT2D eigenvalue weighted by molar-refractivity contribution is 0.297. The van der Waals surface area contributed by atoms with Crippen molar-refractivity contribution in [2.75, 3.05) is 5.43 Å². The van der Waals surface area contributed by atoms with Crippen LogP contribution in [0.25, 0.3) is 0 Å². The van der Waals surface area contributed by atoms with E-state index in [0.29, 0.717) is 12.1 Å². The third-order valence-electron chi connectivity index (χ3n) is 3.60. The maximum absolute atomic E-state index is 4.36. The molecule has 2 unspecified atom stereocenters. The predicted molar refractivity (Wildman–Crippen MR) is 71.7 cm³/mol. The van der Waals surface area contributed by atoms with E-state index in [0.717, 1.165) is 23.6 Å². The molecule has 2 aliphatic rings. The van der Waals surface area contributed by atoms with Gasteiger partial charge in [0.2, 0.25) is 0 Å². The second-order valence-corrected chi connectivity index (χ2v) is 5.35. The molecule has 3 heterocycles. The first kappa shape index (κ1) is 11.6. The summed E-state index contributed by atoms with van der Waals surface area (Å²) in [5.74, 6) is 0.737. The number of piperidine rings is 1. The van der Waals surface area contributed by atoms with E-state index in [1.54, 1.807) is 0 Å². The summed E-state index contributed by atoms with van der Waals surface area (Å²) in [5.41, 5.74) is 6.39. The Morgan fingerprint density at radius 3 is 3.11 bits per heavy atom. The third-order valence-corrected chi connectivity index (χ3v) is 3.60. The molecule has 0 spiro atoms. The molecule has 96 valence electrons. The summed E-state index contributed by atoms with van der Waals surface area (Å²) in [6.07, 6.45) is 4.77. The van der Waals surface area contributed by atoms with Crippen LogP contribution in [0.4, 0.5) is 5.82 Å². The molecule has 5 heteroatoms. The van der Waals surface area contributed by atoms with Gasteiger partial charge in [-0.25, -0.2) is 0 Å². The van der Waals surface area contributed by atoms with Crippen molar-refractivity contribution in [1.82, 2.24) is 15.5 Å². The van der Waals surface area contributed by atoms with Crippen molar-refractivity contribution >= 4 is 11.5 Å². The third kappa shape index (κ3) is 2.22. The fourth-order valence-electron chi connectivity index (χ4n) is 2.77. The molecule has 0 aliphatic carbocycles. The Hall–Kier alpha value is -1.49. The van der Waals surface area contributed by atoms with Crippen LogP contribution in [0.1, 0.15) is 50.4 Å². The lowest BCUT2D eigenvalue weighted by Crippen LogP contribution is -2.43. The van der Waals surface area contributed by atoms with Crippen molar-refractivity contribution in [3.63, 3.8) is 0 Å². The van der Waals surface area contributed by atoms with Gasteiger partial charge in [-0.05, 0) is 44.7 Å². The average molecular weight is 245 g/mol. The van der Waals surface area contributed by atoms with Gasteiger partial charge >= 0.3 is 0 Å². The van der Waals surface area contributed by atoms with E-state index >= 15 is 0 Å². The van der Waals surface area contributed by atoms with Crippen LogP contribution in [0.5, 0.6) is 0 Å². The maximum Gasteiger partial charge on any atom is 0.169 e. The van der Waals surface area contributed by atoms with Crippen LogP contribution in [0.15, 0.2) is 11.2 Å². The summed E-state index contributed by atoms with van der Waals surface area (Å²) in [5, 5.41) is 16.4. The summed E-state index contributed by atoms with van der Waals surface area (Å²) in [7, 11) is 0. The van der Waals surface area contributed by atoms with E-state index in [9.17, 15) is 0 Å². The predicted octanol–water partition coefficient (Wildman–Crippen LogP) is 2.02. The molecule has 3 rings (SSSR count). The smallest absolute Gasteiger partial charge is 0.169 e. The Morgan fingerprint density at radius 1 is 1.39 bits per heavy atom. The number of hydrogen-bond acceptors (Lipinski definition) is 5. The van der Waals surface area contributed by atoms with Gasteiger partial charge in [0, 0.05) is 24.2 Å². The molecule has 1 aromatic heterocycles. The fourth-order valence-corrected chi connectivity index (χ4v) is 2.77. The van der Waals surface area contributed by atoms with Crippen molar-refractivity contribution in [2.45, 2.75) is 51.6 Å². The molecule has 5 nitrogen and oxygen atoms in total. The molecule has 2 aliphatic heterocycles. The van der Waals surface area contributed by atoms with Crippen LogP contribution in [0.3, 0.4) is 0 Å². The minimum absolute atomic E-state index is 0.454. The molecule has 2 N–H and O–H groups in total. The Morgan fingerprint density at radius 2 is 2.28 bits per heavy atom. The summed E-state index contributed by atoms with van der Waals surface area (Å²) in [6, 6.07) is 3.14. The highest BCUT2D eigenvalue weighted by molar-refractivity contribution is 5.79. The highest BCUT2D eigenvalue weighted by Crippen LogP contribution is 2.33. The Labute approximate surface area is 107 Å². The number of anilines is 1. The molecule has 0 saturated carbocycles. The first-order chi connectivity index (χ1) is 8.72. The zero-order valence-electron chi connectivity index (χ0n) is 10.9. The molecule has 0 radical (unpaired) electrons. The maximum atomic E-state index is 4.36. The van der Waals surface area contributed by atoms with Crippen LogP contribution in [0.2, 0.25) is 0 Å². The molecule has 18 heavy (non-hydrogen) atoms. The van der Waals surface area contributed by atoms with Gasteiger partial charge in [-0.1, -0.05) is 0 Å². The number of rotatable bonds is 2. The molecule has 0 amide bonds. The Balaban J connectivity index is 1.88. The second-order valence-electron chi connectivity index (χ2n) is 5.35. The molecule has 1 fully saturated rings. The normalized spacial score (nSPS) is 25.2. The number of nitrogens with one attached hydrogen (secondary N) is 2. The Bertz CT molecular complexity index is 478. The number of hydrazone groups is 1. The van der Waals surface area contributed by atoms with Crippen LogP contribution >= 0.6 is 0 Å². The fraction of sp³-hybridized carbons (Fsp3) is 0.615. The van der Waals surface area contributed by atoms with Crippen molar-refractivity contribution in [2.24, 2.45) is 5.10 Å². The molecular weight excluding hydrogens is 226 g/mol. The topological polar surface area (TPSA) is 62.2 Å². The summed E-state index contributed by atoms with van der Waals surface area (Å²) < 4.78 is 0. The zero-order chi connectivity index (χ0) is 12.5. The summed E-state index contributed by atoms with van der Waals surface area (Å²) >= 11 is 0. The van der Waals surface area contributed by atoms with Crippen molar-refractivity contribution in [3.8, 4) is 0 Å². The van der Waals surface area contributed by atoms with E-state index in [4.69, 9.17) is 0 Å². The van der Waals surface area contributed by atoms with Crippen molar-refractivity contribution in [3.05, 3.63) is 17.3 Å². The van der Waals surface area contributed by atoms with E-state index in [1.807, 2.05) is 13.8 Å². The number of hydrogen-bond donors (Lipinski definition) is 2. The summed E-state index contributed by atoms with van der Waals surface area (Å²) in [4.78, 5) is 0. The van der Waals surface area contributed by atoms with E-state index in [2.05, 4.69) is 32.1 Å². The van der Waals surface area contributed by atoms with Crippen molar-refractivity contribution < 1.29 is 0 Å². The molecule has 2 atom stereocenters. The number of nitrogens with zero attached hydrogens (tertiary/aromatic N) is 3. The van der Waals surface area contributed by atoms with Gasteiger partial charge in [-0.15, -0.1) is 5.10 Å². The molecule has 1 aromatic rings. The van der Waals surface area contributed by atoms with Gasteiger partial charge in [-0.2, -0.15) is 10.2 Å². The van der Waals surface area contributed by atoms with Gasteiger partial charge in [0.05, 0.1) is 5.69 Å². The minimum atomic E-state index is 0.454. The lowest BCUT2D eigenvalue weighted by Gasteiger charge is -2.36. The van der Waals surface area contributed by atoms with Gasteiger partial charge in [0.1, 0.15) is 0 Å². The Kier molecular flexibility index (Phi) is 2.99. The zero-order valence-corrected chi connectivity index (χ0v) is 10.9. The highest BCUT2D eigenvalue weighted by atomic mass is 15.3. The molecule has 0 aromatic carbocycles. The van der Waals surface area contributed by atoms with Crippen LogP contribution in [-0.4, -0.2) is 22.0 Å². The molecular formula is C13H19N5. The van der Waals surface area contributed by atoms with Gasteiger partial charge in [0.25, 0.3) is 0 Å². The monoisotopic (exact) mass is 245 g/mol. The average Bonchev–Trinajstić information content (AvgIpc) is 2.37. The second kappa shape index (κ2) is 4.65. The number of aromatic nitrogens is 2. The highest BCUT2D eigenvalue weighted by Gasteiger charge is 2.30. The SMILES string of the molecule is CC(C)=NNc1cc2c(nn1)CC1CCCC2N1. The van der Waals surface area contributed by atoms with E-state index in [-0.39, 0.29) is 0 Å². The standard InChI is InChI=1S/C13H19N5/c1-8(2)15-17-13-7-10-11-5-3-4-9(14-11)6-12(10)16-18-13/h7,9,11,14H,3-6H2,1-2H3,(H,17,18). The van der Waals surface area contributed by atoms with Gasteiger partial charge < -0.3 is 5.32 Å². The summed E-state index contributed by atoms with van der Waals surface area (Å²) in [6.45, 7) is 3.90. The molecule has 1 saturated heterocycles. The number of fused-ring (bicyclic) bond motifs is 4. The van der Waals surface area contributed by atoms with Gasteiger partial charge in [0.15, 0.2) is 5.82 Å². The van der Waals surface area contributed by atoms with Crippen LogP contribution < -0.4 is 10.7 Å². The quantitative estimate of drug-likeness (QED) is 0.618. The minimum Gasteiger partial charge on any atom is -0.307 e. The largest absolute Gasteiger partial charge is 0.307 e. The first-order valence-corrected chi connectivity index (χ1v) is 6.62. The molecule has 2 bridgehead atoms. The van der Waals surface area contributed by atoms with Gasteiger partial charge in [-0.3, -0.25) is 5.43 Å². The van der Waals surface area contributed by atoms with E-state index < -0.39 is 0 Å².